The van der Waals surface area contributed by atoms with Crippen molar-refractivity contribution in [3.8, 4) is 0 Å². The van der Waals surface area contributed by atoms with Gasteiger partial charge < -0.3 is 14.7 Å². The largest absolute Gasteiger partial charge is 0.480 e. The normalized spacial score (nSPS) is 12.0. The van der Waals surface area contributed by atoms with Crippen molar-refractivity contribution in [3.05, 3.63) is 35.6 Å². The standard InChI is InChI=1S/C16H22FNO4/c1-3-4-9-22-12(2)16(21)18(11-15(19)20)10-13-5-7-14(17)8-6-13/h5-8,12H,3-4,9-11H2,1-2H3,(H,19,20). The van der Waals surface area contributed by atoms with Gasteiger partial charge in [-0.1, -0.05) is 25.5 Å². The second kappa shape index (κ2) is 9.15. The second-order valence-electron chi connectivity index (χ2n) is 5.08. The number of nitrogens with zero attached hydrogens (tertiary/aromatic N) is 1. The summed E-state index contributed by atoms with van der Waals surface area (Å²) in [6.07, 6.45) is 1.09. The van der Waals surface area contributed by atoms with E-state index in [1.54, 1.807) is 6.92 Å². The first kappa shape index (κ1) is 18.1. The molecule has 1 aromatic rings. The number of carbonyl (C=O) groups excluding carboxylic acids is 1. The van der Waals surface area contributed by atoms with Crippen LogP contribution in [0.3, 0.4) is 0 Å². The van der Waals surface area contributed by atoms with Crippen LogP contribution in [0.2, 0.25) is 0 Å². The lowest BCUT2D eigenvalue weighted by Crippen LogP contribution is -2.41. The zero-order valence-corrected chi connectivity index (χ0v) is 12.9. The van der Waals surface area contributed by atoms with Gasteiger partial charge >= 0.3 is 5.97 Å². The SMILES string of the molecule is CCCCOC(C)C(=O)N(CC(=O)O)Cc1ccc(F)cc1. The average Bonchev–Trinajstić information content (AvgIpc) is 2.47. The Morgan fingerprint density at radius 1 is 1.32 bits per heavy atom. The van der Waals surface area contributed by atoms with Gasteiger partial charge in [-0.3, -0.25) is 9.59 Å². The minimum Gasteiger partial charge on any atom is -0.480 e. The predicted molar refractivity (Wildman–Crippen MR) is 79.8 cm³/mol. The third kappa shape index (κ3) is 6.22. The van der Waals surface area contributed by atoms with E-state index in [9.17, 15) is 14.0 Å². The minimum atomic E-state index is -1.10. The maximum atomic E-state index is 12.9. The fraction of sp³-hybridized carbons (Fsp3) is 0.500. The third-order valence-corrected chi connectivity index (χ3v) is 3.14. The zero-order chi connectivity index (χ0) is 16.5. The van der Waals surface area contributed by atoms with Crippen molar-refractivity contribution in [2.45, 2.75) is 39.3 Å². The summed E-state index contributed by atoms with van der Waals surface area (Å²) in [5.74, 6) is -1.87. The molecule has 0 aliphatic heterocycles. The Morgan fingerprint density at radius 2 is 1.95 bits per heavy atom. The molecule has 22 heavy (non-hydrogen) atoms. The highest BCUT2D eigenvalue weighted by Crippen LogP contribution is 2.09. The minimum absolute atomic E-state index is 0.104. The van der Waals surface area contributed by atoms with Gasteiger partial charge in [0.2, 0.25) is 0 Å². The van der Waals surface area contributed by atoms with Crippen molar-refractivity contribution in [1.29, 1.82) is 0 Å². The highest BCUT2D eigenvalue weighted by Gasteiger charge is 2.23. The van der Waals surface area contributed by atoms with Crippen LogP contribution >= 0.6 is 0 Å². The maximum absolute atomic E-state index is 12.9. The number of rotatable bonds is 9. The number of amides is 1. The number of halogens is 1. The first-order chi connectivity index (χ1) is 10.4. The number of carbonyl (C=O) groups is 2. The first-order valence-corrected chi connectivity index (χ1v) is 7.30. The van der Waals surface area contributed by atoms with E-state index in [0.29, 0.717) is 12.2 Å². The second-order valence-corrected chi connectivity index (χ2v) is 5.08. The van der Waals surface area contributed by atoms with Gasteiger partial charge in [0, 0.05) is 13.2 Å². The molecule has 0 fully saturated rings. The summed E-state index contributed by atoms with van der Waals surface area (Å²) in [7, 11) is 0. The number of carboxylic acid groups (broad SMARTS) is 1. The van der Waals surface area contributed by atoms with Crippen LogP contribution in [0.4, 0.5) is 4.39 Å². The van der Waals surface area contributed by atoms with Gasteiger partial charge in [0.1, 0.15) is 18.5 Å². The molecule has 1 unspecified atom stereocenters. The summed E-state index contributed by atoms with van der Waals surface area (Å²) >= 11 is 0. The van der Waals surface area contributed by atoms with E-state index >= 15 is 0 Å². The third-order valence-electron chi connectivity index (χ3n) is 3.14. The molecule has 1 atom stereocenters. The van der Waals surface area contributed by atoms with E-state index in [1.165, 1.54) is 29.2 Å². The van der Waals surface area contributed by atoms with E-state index < -0.39 is 18.6 Å². The molecule has 1 N–H and O–H groups in total. The van der Waals surface area contributed by atoms with Crippen LogP contribution in [-0.2, 0) is 20.9 Å². The molecule has 0 aliphatic rings. The Hall–Kier alpha value is -1.95. The first-order valence-electron chi connectivity index (χ1n) is 7.30. The maximum Gasteiger partial charge on any atom is 0.323 e. The number of unbranched alkanes of at least 4 members (excludes halogenated alkanes) is 1. The van der Waals surface area contributed by atoms with Gasteiger partial charge in [-0.25, -0.2) is 4.39 Å². The van der Waals surface area contributed by atoms with Gasteiger partial charge in [-0.05, 0) is 31.0 Å². The lowest BCUT2D eigenvalue weighted by Gasteiger charge is -2.24. The van der Waals surface area contributed by atoms with Crippen LogP contribution in [0.1, 0.15) is 32.3 Å². The van der Waals surface area contributed by atoms with Crippen molar-refractivity contribution in [2.75, 3.05) is 13.2 Å². The number of aliphatic carboxylic acids is 1. The van der Waals surface area contributed by atoms with Gasteiger partial charge in [0.25, 0.3) is 5.91 Å². The topological polar surface area (TPSA) is 66.8 Å². The summed E-state index contributed by atoms with van der Waals surface area (Å²) in [6.45, 7) is 3.77. The van der Waals surface area contributed by atoms with Crippen molar-refractivity contribution in [3.63, 3.8) is 0 Å². The quantitative estimate of drug-likeness (QED) is 0.711. The monoisotopic (exact) mass is 311 g/mol. The molecule has 0 saturated heterocycles. The van der Waals surface area contributed by atoms with Crippen molar-refractivity contribution in [2.24, 2.45) is 0 Å². The molecule has 0 aliphatic carbocycles. The molecule has 0 bridgehead atoms. The molecular weight excluding hydrogens is 289 g/mol. The Morgan fingerprint density at radius 3 is 2.50 bits per heavy atom. The van der Waals surface area contributed by atoms with E-state index in [-0.39, 0.29) is 18.3 Å². The summed E-state index contributed by atoms with van der Waals surface area (Å²) < 4.78 is 18.3. The lowest BCUT2D eigenvalue weighted by molar-refractivity contribution is -0.150. The van der Waals surface area contributed by atoms with Gasteiger partial charge in [0.15, 0.2) is 0 Å². The van der Waals surface area contributed by atoms with Crippen LogP contribution in [0, 0.1) is 5.82 Å². The smallest absolute Gasteiger partial charge is 0.323 e. The Bertz CT molecular complexity index is 489. The molecule has 0 radical (unpaired) electrons. The van der Waals surface area contributed by atoms with Crippen LogP contribution in [0.25, 0.3) is 0 Å². The number of carboxylic acids is 1. The fourth-order valence-corrected chi connectivity index (χ4v) is 1.92. The summed E-state index contributed by atoms with van der Waals surface area (Å²) in [5.41, 5.74) is 0.664. The fourth-order valence-electron chi connectivity index (χ4n) is 1.92. The molecule has 5 nitrogen and oxygen atoms in total. The van der Waals surface area contributed by atoms with E-state index in [4.69, 9.17) is 9.84 Å². The van der Waals surface area contributed by atoms with Crippen LogP contribution in [0.5, 0.6) is 0 Å². The summed E-state index contributed by atoms with van der Waals surface area (Å²) in [5, 5.41) is 8.96. The summed E-state index contributed by atoms with van der Waals surface area (Å²) in [6, 6.07) is 5.61. The van der Waals surface area contributed by atoms with Crippen LogP contribution < -0.4 is 0 Å². The van der Waals surface area contributed by atoms with Crippen LogP contribution in [-0.4, -0.2) is 41.1 Å². The van der Waals surface area contributed by atoms with Gasteiger partial charge in [-0.15, -0.1) is 0 Å². The molecule has 1 aromatic carbocycles. The zero-order valence-electron chi connectivity index (χ0n) is 12.9. The molecule has 0 aromatic heterocycles. The molecule has 1 rings (SSSR count). The van der Waals surface area contributed by atoms with Crippen LogP contribution in [0.15, 0.2) is 24.3 Å². The number of hydrogen-bond donors (Lipinski definition) is 1. The summed E-state index contributed by atoms with van der Waals surface area (Å²) in [4.78, 5) is 24.5. The molecule has 0 heterocycles. The molecule has 0 spiro atoms. The number of benzene rings is 1. The Kier molecular flexibility index (Phi) is 7.52. The van der Waals surface area contributed by atoms with Crippen molar-refractivity contribution in [1.82, 2.24) is 4.90 Å². The highest BCUT2D eigenvalue weighted by molar-refractivity contribution is 5.84. The average molecular weight is 311 g/mol. The van der Waals surface area contributed by atoms with E-state index in [1.807, 2.05) is 6.92 Å². The van der Waals surface area contributed by atoms with Gasteiger partial charge in [0.05, 0.1) is 0 Å². The van der Waals surface area contributed by atoms with Crippen molar-refractivity contribution < 1.29 is 23.8 Å². The molecule has 0 saturated carbocycles. The Labute approximate surface area is 129 Å². The number of ether oxygens (including phenoxy) is 1. The lowest BCUT2D eigenvalue weighted by atomic mass is 10.2. The molecule has 6 heteroatoms. The Balaban J connectivity index is 2.71. The van der Waals surface area contributed by atoms with Gasteiger partial charge in [-0.2, -0.15) is 0 Å². The predicted octanol–water partition coefficient (Wildman–Crippen LogP) is 2.44. The highest BCUT2D eigenvalue weighted by atomic mass is 19.1. The number of hydrogen-bond acceptors (Lipinski definition) is 3. The molecule has 122 valence electrons. The van der Waals surface area contributed by atoms with E-state index in [0.717, 1.165) is 12.8 Å². The van der Waals surface area contributed by atoms with Crippen molar-refractivity contribution >= 4 is 11.9 Å². The molecular formula is C16H22FNO4. The molecule has 1 amide bonds. The van der Waals surface area contributed by atoms with E-state index in [2.05, 4.69) is 0 Å².